The van der Waals surface area contributed by atoms with E-state index < -0.39 is 0 Å². The fourth-order valence-electron chi connectivity index (χ4n) is 2.49. The van der Waals surface area contributed by atoms with Gasteiger partial charge in [-0.1, -0.05) is 19.9 Å². The van der Waals surface area contributed by atoms with Crippen molar-refractivity contribution in [2.24, 2.45) is 0 Å². The molecule has 0 bridgehead atoms. The molecule has 0 fully saturated rings. The largest absolute Gasteiger partial charge is 0.496 e. The van der Waals surface area contributed by atoms with Crippen molar-refractivity contribution in [3.63, 3.8) is 0 Å². The molecule has 0 spiro atoms. The summed E-state index contributed by atoms with van der Waals surface area (Å²) in [7, 11) is 1.72. The van der Waals surface area contributed by atoms with E-state index in [1.54, 1.807) is 7.11 Å². The molecule has 0 atom stereocenters. The van der Waals surface area contributed by atoms with Crippen LogP contribution in [-0.2, 0) is 13.1 Å². The van der Waals surface area contributed by atoms with Gasteiger partial charge in [0.25, 0.3) is 0 Å². The topological polar surface area (TPSA) is 39.1 Å². The number of nitrogens with one attached hydrogen (secondary N) is 1. The Morgan fingerprint density at radius 2 is 2.10 bits per heavy atom. The van der Waals surface area contributed by atoms with Crippen LogP contribution in [0.3, 0.4) is 0 Å². The molecule has 21 heavy (non-hydrogen) atoms. The Kier molecular flexibility index (Phi) is 5.39. The van der Waals surface area contributed by atoms with Crippen LogP contribution in [0.4, 0.5) is 0 Å². The quantitative estimate of drug-likeness (QED) is 0.848. The number of hydrogen-bond donors (Lipinski definition) is 1. The molecule has 0 saturated carbocycles. The molecule has 1 aromatic carbocycles. The minimum atomic E-state index is 0.815. The maximum atomic E-state index is 5.45. The number of ether oxygens (including phenoxy) is 1. The predicted molar refractivity (Wildman–Crippen MR) is 86.6 cm³/mol. The van der Waals surface area contributed by atoms with Crippen LogP contribution in [0.15, 0.2) is 24.4 Å². The van der Waals surface area contributed by atoms with Crippen molar-refractivity contribution in [3.05, 3.63) is 35.7 Å². The maximum absolute atomic E-state index is 5.45. The lowest BCUT2D eigenvalue weighted by Crippen LogP contribution is -2.12. The maximum Gasteiger partial charge on any atom is 0.123 e. The second-order valence-corrected chi connectivity index (χ2v) is 5.20. The van der Waals surface area contributed by atoms with Gasteiger partial charge in [0.2, 0.25) is 0 Å². The minimum absolute atomic E-state index is 0.815. The third-order valence-corrected chi connectivity index (χ3v) is 3.56. The number of methoxy groups -OCH3 is 1. The first-order chi connectivity index (χ1) is 10.2. The van der Waals surface area contributed by atoms with Gasteiger partial charge >= 0.3 is 0 Å². The smallest absolute Gasteiger partial charge is 0.123 e. The van der Waals surface area contributed by atoms with E-state index in [0.717, 1.165) is 37.5 Å². The van der Waals surface area contributed by atoms with Crippen molar-refractivity contribution in [1.29, 1.82) is 0 Å². The molecule has 1 heterocycles. The SMILES string of the molecule is CCCn1cc(-c2ccc(OC)c(CNCC)c2)c(C)n1. The summed E-state index contributed by atoms with van der Waals surface area (Å²) in [4.78, 5) is 0. The van der Waals surface area contributed by atoms with Crippen molar-refractivity contribution in [3.8, 4) is 16.9 Å². The lowest BCUT2D eigenvalue weighted by atomic mass is 10.0. The molecule has 0 radical (unpaired) electrons. The average molecular weight is 287 g/mol. The Bertz CT molecular complexity index is 590. The van der Waals surface area contributed by atoms with Crippen LogP contribution in [0.5, 0.6) is 5.75 Å². The van der Waals surface area contributed by atoms with Crippen molar-refractivity contribution in [1.82, 2.24) is 15.1 Å². The van der Waals surface area contributed by atoms with Crippen LogP contribution in [0.1, 0.15) is 31.5 Å². The first-order valence-electron chi connectivity index (χ1n) is 7.61. The Labute approximate surface area is 127 Å². The van der Waals surface area contributed by atoms with Gasteiger partial charge in [-0.05, 0) is 37.6 Å². The highest BCUT2D eigenvalue weighted by Gasteiger charge is 2.10. The standard InChI is InChI=1S/C17H25N3O/c1-5-9-20-12-16(13(3)19-20)14-7-8-17(21-4)15(10-14)11-18-6-2/h7-8,10,12,18H,5-6,9,11H2,1-4H3. The minimum Gasteiger partial charge on any atom is -0.496 e. The summed E-state index contributed by atoms with van der Waals surface area (Å²) in [5.74, 6) is 0.929. The van der Waals surface area contributed by atoms with Crippen molar-refractivity contribution >= 4 is 0 Å². The van der Waals surface area contributed by atoms with Gasteiger partial charge in [-0.15, -0.1) is 0 Å². The van der Waals surface area contributed by atoms with E-state index in [2.05, 4.69) is 49.5 Å². The van der Waals surface area contributed by atoms with Crippen LogP contribution >= 0.6 is 0 Å². The molecular weight excluding hydrogens is 262 g/mol. The van der Waals surface area contributed by atoms with Gasteiger partial charge in [-0.3, -0.25) is 4.68 Å². The molecule has 4 heteroatoms. The van der Waals surface area contributed by atoms with E-state index in [-0.39, 0.29) is 0 Å². The monoisotopic (exact) mass is 287 g/mol. The van der Waals surface area contributed by atoms with Crippen LogP contribution in [-0.4, -0.2) is 23.4 Å². The highest BCUT2D eigenvalue weighted by molar-refractivity contribution is 5.67. The van der Waals surface area contributed by atoms with Crippen molar-refractivity contribution in [2.45, 2.75) is 40.3 Å². The Balaban J connectivity index is 2.35. The Hall–Kier alpha value is -1.81. The molecule has 1 aromatic heterocycles. The summed E-state index contributed by atoms with van der Waals surface area (Å²) >= 11 is 0. The second kappa shape index (κ2) is 7.27. The van der Waals surface area contributed by atoms with E-state index in [0.29, 0.717) is 0 Å². The van der Waals surface area contributed by atoms with Crippen LogP contribution in [0, 0.1) is 6.92 Å². The predicted octanol–water partition coefficient (Wildman–Crippen LogP) is 3.39. The molecule has 0 aliphatic carbocycles. The normalized spacial score (nSPS) is 10.9. The average Bonchev–Trinajstić information content (AvgIpc) is 2.86. The Morgan fingerprint density at radius 3 is 2.76 bits per heavy atom. The molecular formula is C17H25N3O. The molecule has 0 unspecified atom stereocenters. The summed E-state index contributed by atoms with van der Waals surface area (Å²) in [5, 5.41) is 7.94. The van der Waals surface area contributed by atoms with Gasteiger partial charge in [0.1, 0.15) is 5.75 Å². The summed E-state index contributed by atoms with van der Waals surface area (Å²) in [6.07, 6.45) is 3.23. The number of nitrogens with zero attached hydrogens (tertiary/aromatic N) is 2. The number of aryl methyl sites for hydroxylation is 2. The van der Waals surface area contributed by atoms with E-state index in [4.69, 9.17) is 4.74 Å². The van der Waals surface area contributed by atoms with Gasteiger partial charge in [0, 0.05) is 30.4 Å². The fraction of sp³-hybridized carbons (Fsp3) is 0.471. The van der Waals surface area contributed by atoms with Gasteiger partial charge in [0.05, 0.1) is 12.8 Å². The van der Waals surface area contributed by atoms with E-state index in [1.807, 2.05) is 10.7 Å². The van der Waals surface area contributed by atoms with Crippen LogP contribution in [0.2, 0.25) is 0 Å². The van der Waals surface area contributed by atoms with Crippen LogP contribution < -0.4 is 10.1 Å². The zero-order valence-electron chi connectivity index (χ0n) is 13.4. The molecule has 0 amide bonds. The third kappa shape index (κ3) is 3.64. The number of hydrogen-bond acceptors (Lipinski definition) is 3. The summed E-state index contributed by atoms with van der Waals surface area (Å²) < 4.78 is 7.47. The van der Waals surface area contributed by atoms with Gasteiger partial charge < -0.3 is 10.1 Å². The molecule has 0 aliphatic rings. The van der Waals surface area contributed by atoms with E-state index >= 15 is 0 Å². The molecule has 1 N–H and O–H groups in total. The molecule has 0 aliphatic heterocycles. The molecule has 0 saturated heterocycles. The van der Waals surface area contributed by atoms with Crippen molar-refractivity contribution in [2.75, 3.05) is 13.7 Å². The first kappa shape index (κ1) is 15.6. The van der Waals surface area contributed by atoms with E-state index in [1.165, 1.54) is 16.7 Å². The molecule has 4 nitrogen and oxygen atoms in total. The molecule has 2 rings (SSSR count). The van der Waals surface area contributed by atoms with E-state index in [9.17, 15) is 0 Å². The number of rotatable bonds is 7. The van der Waals surface area contributed by atoms with Gasteiger partial charge in [-0.2, -0.15) is 5.10 Å². The zero-order valence-corrected chi connectivity index (χ0v) is 13.4. The first-order valence-corrected chi connectivity index (χ1v) is 7.61. The molecule has 2 aromatic rings. The number of aromatic nitrogens is 2. The lowest BCUT2D eigenvalue weighted by Gasteiger charge is -2.11. The van der Waals surface area contributed by atoms with Crippen LogP contribution in [0.25, 0.3) is 11.1 Å². The fourth-order valence-corrected chi connectivity index (χ4v) is 2.49. The zero-order chi connectivity index (χ0) is 15.2. The summed E-state index contributed by atoms with van der Waals surface area (Å²) in [5.41, 5.74) is 4.65. The Morgan fingerprint density at radius 1 is 1.29 bits per heavy atom. The second-order valence-electron chi connectivity index (χ2n) is 5.20. The van der Waals surface area contributed by atoms with Gasteiger partial charge in [-0.25, -0.2) is 0 Å². The van der Waals surface area contributed by atoms with Crippen molar-refractivity contribution < 1.29 is 4.74 Å². The lowest BCUT2D eigenvalue weighted by molar-refractivity contribution is 0.408. The summed E-state index contributed by atoms with van der Waals surface area (Å²) in [6, 6.07) is 6.34. The molecule has 114 valence electrons. The van der Waals surface area contributed by atoms with Gasteiger partial charge in [0.15, 0.2) is 0 Å². The highest BCUT2D eigenvalue weighted by atomic mass is 16.5. The summed E-state index contributed by atoms with van der Waals surface area (Å²) in [6.45, 7) is 9.06. The highest BCUT2D eigenvalue weighted by Crippen LogP contribution is 2.28. The number of benzene rings is 1. The third-order valence-electron chi connectivity index (χ3n) is 3.56.